The molecular formula is C12H13ClFNO2. The first-order chi connectivity index (χ1) is 8.02. The molecule has 5 heteroatoms. The van der Waals surface area contributed by atoms with Crippen LogP contribution in [0.2, 0.25) is 5.02 Å². The number of nitrogens with one attached hydrogen (secondary N) is 1. The van der Waals surface area contributed by atoms with E-state index in [0.717, 1.165) is 6.42 Å². The molecule has 0 atom stereocenters. The topological polar surface area (TPSA) is 49.3 Å². The van der Waals surface area contributed by atoms with Crippen LogP contribution >= 0.6 is 11.6 Å². The van der Waals surface area contributed by atoms with Crippen molar-refractivity contribution in [1.82, 2.24) is 5.32 Å². The molecule has 0 saturated heterocycles. The minimum absolute atomic E-state index is 0.0723. The van der Waals surface area contributed by atoms with Crippen LogP contribution in [0.3, 0.4) is 0 Å². The van der Waals surface area contributed by atoms with Gasteiger partial charge < -0.3 is 10.4 Å². The third kappa shape index (κ3) is 2.58. The van der Waals surface area contributed by atoms with Crippen molar-refractivity contribution in [3.8, 4) is 0 Å². The molecule has 17 heavy (non-hydrogen) atoms. The minimum atomic E-state index is -0.826. The molecule has 0 bridgehead atoms. The van der Waals surface area contributed by atoms with Gasteiger partial charge in [-0.3, -0.25) is 4.79 Å². The molecule has 0 unspecified atom stereocenters. The van der Waals surface area contributed by atoms with Gasteiger partial charge in [-0.25, -0.2) is 4.39 Å². The third-order valence-electron chi connectivity index (χ3n) is 3.05. The zero-order chi connectivity index (χ0) is 12.5. The first-order valence-electron chi connectivity index (χ1n) is 5.46. The molecule has 0 radical (unpaired) electrons. The Morgan fingerprint density at radius 1 is 1.53 bits per heavy atom. The third-order valence-corrected chi connectivity index (χ3v) is 3.37. The number of hydrogen-bond donors (Lipinski definition) is 2. The van der Waals surface area contributed by atoms with Crippen LogP contribution < -0.4 is 5.32 Å². The maximum absolute atomic E-state index is 13.4. The molecule has 1 fully saturated rings. The highest BCUT2D eigenvalue weighted by molar-refractivity contribution is 6.33. The molecule has 0 spiro atoms. The highest BCUT2D eigenvalue weighted by Gasteiger charge is 2.34. The summed E-state index contributed by atoms with van der Waals surface area (Å²) in [6.07, 6.45) is 2.28. The van der Waals surface area contributed by atoms with Gasteiger partial charge in [-0.05, 0) is 31.4 Å². The van der Waals surface area contributed by atoms with Crippen LogP contribution in [-0.4, -0.2) is 23.2 Å². The van der Waals surface area contributed by atoms with Gasteiger partial charge in [0.15, 0.2) is 0 Å². The molecule has 2 N–H and O–H groups in total. The lowest BCUT2D eigenvalue weighted by Gasteiger charge is -2.36. The average molecular weight is 258 g/mol. The van der Waals surface area contributed by atoms with Gasteiger partial charge >= 0.3 is 0 Å². The number of benzene rings is 1. The number of carbonyl (C=O) groups excluding carboxylic acids is 1. The van der Waals surface area contributed by atoms with E-state index in [1.165, 1.54) is 18.2 Å². The predicted molar refractivity (Wildman–Crippen MR) is 62.5 cm³/mol. The monoisotopic (exact) mass is 257 g/mol. The summed E-state index contributed by atoms with van der Waals surface area (Å²) in [6, 6.07) is 4.07. The fourth-order valence-electron chi connectivity index (χ4n) is 1.81. The van der Waals surface area contributed by atoms with E-state index in [2.05, 4.69) is 5.32 Å². The summed E-state index contributed by atoms with van der Waals surface area (Å²) in [6.45, 7) is 0.135. The Morgan fingerprint density at radius 3 is 2.76 bits per heavy atom. The van der Waals surface area contributed by atoms with E-state index < -0.39 is 17.3 Å². The van der Waals surface area contributed by atoms with Crippen LogP contribution in [0.4, 0.5) is 4.39 Å². The maximum Gasteiger partial charge on any atom is 0.255 e. The number of amides is 1. The molecule has 1 aliphatic rings. The molecule has 1 saturated carbocycles. The molecule has 0 aliphatic heterocycles. The molecule has 1 aromatic rings. The lowest BCUT2D eigenvalue weighted by atomic mass is 9.80. The lowest BCUT2D eigenvalue weighted by molar-refractivity contribution is -0.0300. The van der Waals surface area contributed by atoms with Crippen molar-refractivity contribution in [3.05, 3.63) is 34.6 Å². The number of hydrogen-bond acceptors (Lipinski definition) is 2. The smallest absolute Gasteiger partial charge is 0.255 e. The fourth-order valence-corrected chi connectivity index (χ4v) is 2.06. The van der Waals surface area contributed by atoms with Crippen molar-refractivity contribution >= 4 is 17.5 Å². The van der Waals surface area contributed by atoms with Gasteiger partial charge in [-0.2, -0.15) is 0 Å². The van der Waals surface area contributed by atoms with Gasteiger partial charge in [0.05, 0.1) is 16.2 Å². The zero-order valence-electron chi connectivity index (χ0n) is 9.17. The Balaban J connectivity index is 2.04. The Bertz CT molecular complexity index is 426. The van der Waals surface area contributed by atoms with Crippen LogP contribution in [0.15, 0.2) is 18.2 Å². The average Bonchev–Trinajstić information content (AvgIpc) is 2.23. The van der Waals surface area contributed by atoms with Crippen molar-refractivity contribution in [3.63, 3.8) is 0 Å². The summed E-state index contributed by atoms with van der Waals surface area (Å²) >= 11 is 5.76. The van der Waals surface area contributed by atoms with E-state index in [1.807, 2.05) is 0 Å². The Hall–Kier alpha value is -1.13. The molecule has 1 amide bonds. The predicted octanol–water partition coefficient (Wildman–Crippen LogP) is 2.12. The molecule has 0 heterocycles. The second-order valence-electron chi connectivity index (χ2n) is 4.36. The lowest BCUT2D eigenvalue weighted by Crippen LogP contribution is -2.47. The molecule has 0 aromatic heterocycles. The summed E-state index contributed by atoms with van der Waals surface area (Å²) in [7, 11) is 0. The highest BCUT2D eigenvalue weighted by Crippen LogP contribution is 2.30. The van der Waals surface area contributed by atoms with Crippen molar-refractivity contribution in [2.45, 2.75) is 24.9 Å². The number of rotatable bonds is 3. The molecule has 1 aromatic carbocycles. The molecule has 92 valence electrons. The largest absolute Gasteiger partial charge is 0.388 e. The van der Waals surface area contributed by atoms with Gasteiger partial charge in [-0.1, -0.05) is 17.7 Å². The normalized spacial score (nSPS) is 17.4. The number of halogens is 2. The summed E-state index contributed by atoms with van der Waals surface area (Å²) in [4.78, 5) is 11.7. The van der Waals surface area contributed by atoms with Gasteiger partial charge in [0, 0.05) is 6.54 Å². The molecule has 1 aliphatic carbocycles. The van der Waals surface area contributed by atoms with Crippen LogP contribution in [0, 0.1) is 5.82 Å². The van der Waals surface area contributed by atoms with Gasteiger partial charge in [0.2, 0.25) is 0 Å². The second kappa shape index (κ2) is 4.63. The van der Waals surface area contributed by atoms with Gasteiger partial charge in [0.1, 0.15) is 5.82 Å². The van der Waals surface area contributed by atoms with E-state index in [0.29, 0.717) is 12.8 Å². The van der Waals surface area contributed by atoms with E-state index >= 15 is 0 Å². The Morgan fingerprint density at radius 2 is 2.24 bits per heavy atom. The summed E-state index contributed by atoms with van der Waals surface area (Å²) in [5.41, 5.74) is -0.995. The molecule has 2 rings (SSSR count). The van der Waals surface area contributed by atoms with E-state index in [-0.39, 0.29) is 17.1 Å². The number of carbonyl (C=O) groups is 1. The van der Waals surface area contributed by atoms with Crippen molar-refractivity contribution < 1.29 is 14.3 Å². The first-order valence-corrected chi connectivity index (χ1v) is 5.84. The van der Waals surface area contributed by atoms with E-state index in [4.69, 9.17) is 11.6 Å². The molecular weight excluding hydrogens is 245 g/mol. The standard InChI is InChI=1S/C12H13ClFNO2/c13-8-3-1-4-9(14)10(8)11(16)15-7-12(17)5-2-6-12/h1,3-4,17H,2,5-7H2,(H,15,16). The Labute approximate surface area is 104 Å². The van der Waals surface area contributed by atoms with Crippen LogP contribution in [0.1, 0.15) is 29.6 Å². The van der Waals surface area contributed by atoms with Crippen molar-refractivity contribution in [2.24, 2.45) is 0 Å². The van der Waals surface area contributed by atoms with E-state index in [9.17, 15) is 14.3 Å². The quantitative estimate of drug-likeness (QED) is 0.872. The summed E-state index contributed by atoms with van der Waals surface area (Å²) in [5.74, 6) is -1.25. The minimum Gasteiger partial charge on any atom is -0.388 e. The second-order valence-corrected chi connectivity index (χ2v) is 4.76. The van der Waals surface area contributed by atoms with Crippen molar-refractivity contribution in [1.29, 1.82) is 0 Å². The van der Waals surface area contributed by atoms with Gasteiger partial charge in [-0.15, -0.1) is 0 Å². The van der Waals surface area contributed by atoms with Crippen LogP contribution in [0.25, 0.3) is 0 Å². The molecule has 3 nitrogen and oxygen atoms in total. The van der Waals surface area contributed by atoms with Crippen LogP contribution in [0.5, 0.6) is 0 Å². The van der Waals surface area contributed by atoms with E-state index in [1.54, 1.807) is 0 Å². The zero-order valence-corrected chi connectivity index (χ0v) is 9.93. The SMILES string of the molecule is O=C(NCC1(O)CCC1)c1c(F)cccc1Cl. The summed E-state index contributed by atoms with van der Waals surface area (Å²) < 4.78 is 13.4. The Kier molecular flexibility index (Phi) is 3.35. The van der Waals surface area contributed by atoms with Crippen molar-refractivity contribution in [2.75, 3.05) is 6.54 Å². The fraction of sp³-hybridized carbons (Fsp3) is 0.417. The number of aliphatic hydroxyl groups is 1. The maximum atomic E-state index is 13.4. The summed E-state index contributed by atoms with van der Waals surface area (Å²) in [5, 5.41) is 12.4. The van der Waals surface area contributed by atoms with Gasteiger partial charge in [0.25, 0.3) is 5.91 Å². The van der Waals surface area contributed by atoms with Crippen LogP contribution in [-0.2, 0) is 0 Å². The first kappa shape index (κ1) is 12.3. The highest BCUT2D eigenvalue weighted by atomic mass is 35.5.